The molecule has 0 amide bonds. The van der Waals surface area contributed by atoms with Gasteiger partial charge in [0.15, 0.2) is 0 Å². The van der Waals surface area contributed by atoms with Crippen LogP contribution in [0.25, 0.3) is 17.1 Å². The smallest absolute Gasteiger partial charge is 0.373 e. The standard InChI is InChI=1S/C17H10F3N3O3/c18-9-2-3-10(11(19)5-9)14-15(8-1-4-13(20)21-6-8)23-7-12(16(24)25)26-17(23)22-14/h1-7,10-11H,(H,24,25). The fourth-order valence-corrected chi connectivity index (χ4v) is 2.85. The summed E-state index contributed by atoms with van der Waals surface area (Å²) in [5.41, 5.74) is 0.862. The Morgan fingerprint density at radius 3 is 2.77 bits per heavy atom. The summed E-state index contributed by atoms with van der Waals surface area (Å²) in [5, 5.41) is 9.07. The number of hydrogen-bond donors (Lipinski definition) is 1. The van der Waals surface area contributed by atoms with Crippen molar-refractivity contribution in [3.05, 3.63) is 66.0 Å². The first-order valence-corrected chi connectivity index (χ1v) is 7.50. The first kappa shape index (κ1) is 16.1. The molecule has 0 spiro atoms. The minimum atomic E-state index is -1.68. The van der Waals surface area contributed by atoms with Crippen LogP contribution in [0.3, 0.4) is 0 Å². The highest BCUT2D eigenvalue weighted by molar-refractivity contribution is 5.85. The average Bonchev–Trinajstić information content (AvgIpc) is 3.14. The summed E-state index contributed by atoms with van der Waals surface area (Å²) < 4.78 is 47.3. The highest BCUT2D eigenvalue weighted by Gasteiger charge is 2.30. The Morgan fingerprint density at radius 2 is 2.12 bits per heavy atom. The van der Waals surface area contributed by atoms with Crippen LogP contribution in [0.4, 0.5) is 13.2 Å². The summed E-state index contributed by atoms with van der Waals surface area (Å²) in [7, 11) is 0. The number of pyridine rings is 1. The Balaban J connectivity index is 1.93. The number of carbonyl (C=O) groups is 1. The Labute approximate surface area is 143 Å². The number of halogens is 3. The van der Waals surface area contributed by atoms with E-state index in [1.54, 1.807) is 0 Å². The minimum absolute atomic E-state index is 0.0765. The van der Waals surface area contributed by atoms with E-state index in [0.717, 1.165) is 18.2 Å². The number of carboxylic acid groups (broad SMARTS) is 1. The molecule has 4 rings (SSSR count). The number of imidazole rings is 1. The number of aromatic carboxylic acids is 1. The molecule has 3 heterocycles. The van der Waals surface area contributed by atoms with E-state index >= 15 is 0 Å². The lowest BCUT2D eigenvalue weighted by molar-refractivity contribution is 0.0664. The van der Waals surface area contributed by atoms with Gasteiger partial charge in [0.2, 0.25) is 11.7 Å². The van der Waals surface area contributed by atoms with Crippen LogP contribution in [-0.4, -0.2) is 31.6 Å². The minimum Gasteiger partial charge on any atom is -0.475 e. The van der Waals surface area contributed by atoms with E-state index in [2.05, 4.69) is 9.97 Å². The molecule has 1 N–H and O–H groups in total. The van der Waals surface area contributed by atoms with Gasteiger partial charge in [0.05, 0.1) is 23.5 Å². The fourth-order valence-electron chi connectivity index (χ4n) is 2.85. The molecule has 0 fully saturated rings. The average molecular weight is 361 g/mol. The number of fused-ring (bicyclic) bond motifs is 1. The van der Waals surface area contributed by atoms with Gasteiger partial charge in [-0.3, -0.25) is 4.40 Å². The summed E-state index contributed by atoms with van der Waals surface area (Å²) in [6.45, 7) is 0. The maximum absolute atomic E-state index is 14.4. The van der Waals surface area contributed by atoms with Gasteiger partial charge in [-0.2, -0.15) is 9.37 Å². The van der Waals surface area contributed by atoms with Crippen molar-refractivity contribution in [1.29, 1.82) is 0 Å². The molecule has 26 heavy (non-hydrogen) atoms. The van der Waals surface area contributed by atoms with E-state index in [1.165, 1.54) is 28.9 Å². The summed E-state index contributed by atoms with van der Waals surface area (Å²) in [6.07, 6.45) is 3.99. The Morgan fingerprint density at radius 1 is 1.31 bits per heavy atom. The van der Waals surface area contributed by atoms with Gasteiger partial charge >= 0.3 is 11.8 Å². The number of alkyl halides is 1. The summed E-state index contributed by atoms with van der Waals surface area (Å²) in [5.74, 6) is -4.07. The van der Waals surface area contributed by atoms with Crippen LogP contribution >= 0.6 is 0 Å². The van der Waals surface area contributed by atoms with Gasteiger partial charge in [-0.1, -0.05) is 6.08 Å². The molecular weight excluding hydrogens is 351 g/mol. The molecule has 3 aromatic rings. The maximum Gasteiger partial charge on any atom is 0.373 e. The lowest BCUT2D eigenvalue weighted by atomic mass is 9.92. The number of oxazole rings is 1. The highest BCUT2D eigenvalue weighted by atomic mass is 19.1. The van der Waals surface area contributed by atoms with Crippen molar-refractivity contribution in [3.8, 4) is 11.3 Å². The molecule has 0 saturated heterocycles. The zero-order valence-corrected chi connectivity index (χ0v) is 12.9. The van der Waals surface area contributed by atoms with E-state index in [0.29, 0.717) is 5.56 Å². The number of nitrogens with zero attached hydrogens (tertiary/aromatic N) is 3. The summed E-state index contributed by atoms with van der Waals surface area (Å²) in [6, 6.07) is 2.51. The first-order chi connectivity index (χ1) is 12.4. The van der Waals surface area contributed by atoms with E-state index in [1.807, 2.05) is 0 Å². The molecule has 2 unspecified atom stereocenters. The van der Waals surface area contributed by atoms with E-state index < -0.39 is 29.8 Å². The van der Waals surface area contributed by atoms with Gasteiger partial charge in [0.1, 0.15) is 12.0 Å². The van der Waals surface area contributed by atoms with Crippen molar-refractivity contribution in [2.45, 2.75) is 12.1 Å². The molecule has 1 aliphatic rings. The number of rotatable bonds is 3. The van der Waals surface area contributed by atoms with Crippen molar-refractivity contribution in [2.75, 3.05) is 0 Å². The molecule has 0 aliphatic heterocycles. The fraction of sp³-hybridized carbons (Fsp3) is 0.118. The van der Waals surface area contributed by atoms with Gasteiger partial charge in [0, 0.05) is 11.8 Å². The van der Waals surface area contributed by atoms with Crippen LogP contribution in [-0.2, 0) is 0 Å². The van der Waals surface area contributed by atoms with E-state index in [9.17, 15) is 18.0 Å². The summed E-state index contributed by atoms with van der Waals surface area (Å²) in [4.78, 5) is 18.9. The van der Waals surface area contributed by atoms with Gasteiger partial charge in [0.25, 0.3) is 0 Å². The van der Waals surface area contributed by atoms with E-state index in [-0.39, 0.29) is 23.0 Å². The van der Waals surface area contributed by atoms with Crippen LogP contribution in [0.1, 0.15) is 22.2 Å². The zero-order chi connectivity index (χ0) is 18.4. The van der Waals surface area contributed by atoms with Crippen molar-refractivity contribution in [3.63, 3.8) is 0 Å². The molecule has 2 atom stereocenters. The van der Waals surface area contributed by atoms with Crippen molar-refractivity contribution in [2.24, 2.45) is 0 Å². The van der Waals surface area contributed by atoms with Crippen molar-refractivity contribution in [1.82, 2.24) is 14.4 Å². The van der Waals surface area contributed by atoms with Crippen molar-refractivity contribution >= 4 is 11.8 Å². The molecule has 6 nitrogen and oxygen atoms in total. The second-order valence-electron chi connectivity index (χ2n) is 5.65. The topological polar surface area (TPSA) is 80.6 Å². The van der Waals surface area contributed by atoms with Gasteiger partial charge in [-0.25, -0.2) is 18.6 Å². The van der Waals surface area contributed by atoms with Gasteiger partial charge in [-0.15, -0.1) is 0 Å². The molecular formula is C17H10F3N3O3. The SMILES string of the molecule is O=C(O)c1cn2c(-c3ccc(F)nc3)c(C3C=CC(F)=CC3F)nc2o1. The largest absolute Gasteiger partial charge is 0.475 e. The predicted molar refractivity (Wildman–Crippen MR) is 83.6 cm³/mol. The molecule has 0 bridgehead atoms. The van der Waals surface area contributed by atoms with E-state index in [4.69, 9.17) is 9.52 Å². The second-order valence-corrected chi connectivity index (χ2v) is 5.65. The molecule has 9 heteroatoms. The summed E-state index contributed by atoms with van der Waals surface area (Å²) >= 11 is 0. The molecule has 0 aromatic carbocycles. The zero-order valence-electron chi connectivity index (χ0n) is 12.9. The molecule has 132 valence electrons. The van der Waals surface area contributed by atoms with Crippen molar-refractivity contribution < 1.29 is 27.5 Å². The third kappa shape index (κ3) is 2.57. The molecule has 0 radical (unpaired) electrons. The quantitative estimate of drug-likeness (QED) is 0.720. The third-order valence-electron chi connectivity index (χ3n) is 4.00. The van der Waals surface area contributed by atoms with Crippen LogP contribution in [0, 0.1) is 5.95 Å². The van der Waals surface area contributed by atoms with Crippen LogP contribution in [0.15, 0.2) is 53.0 Å². The Kier molecular flexibility index (Phi) is 3.64. The first-order valence-electron chi connectivity index (χ1n) is 7.50. The maximum atomic E-state index is 14.4. The molecule has 0 saturated carbocycles. The highest BCUT2D eigenvalue weighted by Crippen LogP contribution is 2.37. The lowest BCUT2D eigenvalue weighted by Crippen LogP contribution is -2.14. The molecule has 3 aromatic heterocycles. The third-order valence-corrected chi connectivity index (χ3v) is 4.00. The van der Waals surface area contributed by atoms with Crippen LogP contribution in [0.5, 0.6) is 0 Å². The molecule has 1 aliphatic carbocycles. The number of hydrogen-bond acceptors (Lipinski definition) is 4. The normalized spacial score (nSPS) is 19.7. The van der Waals surface area contributed by atoms with Crippen LogP contribution < -0.4 is 0 Å². The van der Waals surface area contributed by atoms with Gasteiger partial charge in [-0.05, 0) is 24.3 Å². The predicted octanol–water partition coefficient (Wildman–Crippen LogP) is 3.67. The Bertz CT molecular complexity index is 1070. The number of allylic oxidation sites excluding steroid dienone is 4. The lowest BCUT2D eigenvalue weighted by Gasteiger charge is -2.17. The Hall–Kier alpha value is -3.36. The number of carboxylic acids is 1. The van der Waals surface area contributed by atoms with Gasteiger partial charge < -0.3 is 9.52 Å². The van der Waals surface area contributed by atoms with Crippen LogP contribution in [0.2, 0.25) is 0 Å². The number of aromatic nitrogens is 3. The monoisotopic (exact) mass is 361 g/mol. The second kappa shape index (κ2) is 5.87.